The van der Waals surface area contributed by atoms with E-state index in [0.717, 1.165) is 36.8 Å². The number of benzene rings is 2. The summed E-state index contributed by atoms with van der Waals surface area (Å²) >= 11 is 12.5. The Morgan fingerprint density at radius 3 is 1.79 bits per heavy atom. The normalized spacial score (nSPS) is 17.6. The monoisotopic (exact) mass is 830 g/mol. The number of ketones is 1. The van der Waals surface area contributed by atoms with Gasteiger partial charge < -0.3 is 39.8 Å². The number of nitrogens with two attached hydrogens (primary N) is 1. The number of carboxylic acid groups (broad SMARTS) is 2. The second kappa shape index (κ2) is 22.4. The Labute approximate surface area is 342 Å². The SMILES string of the molecule is CC(C)Oc1ccc(-c2noc(C3CCC(=O)C3)n2)cc1Cl.CC(C)Oc1ccc(-c2noc(C3CCC(NCCCC(=O)O)C3)n2)cc1Cl.NCCCC(=O)O. The van der Waals surface area contributed by atoms with Gasteiger partial charge in [0.2, 0.25) is 23.4 Å². The van der Waals surface area contributed by atoms with Gasteiger partial charge in [0.15, 0.2) is 0 Å². The standard InChI is InChI=1S/C20H26ClN3O4.C16H17ClN2O3.C4H9NO2/c1-12(2)27-17-8-6-13(11-16(17)21)19-23-20(28-24-19)14-5-7-15(10-14)22-9-3-4-18(25)26;1-9(2)21-14-6-4-10(8-13(14)17)15-18-16(22-19-15)11-3-5-12(20)7-11;5-3-1-2-4(6)7/h6,8,11-12,14-15,22H,3-5,7,9-10H2,1-2H3,(H,25,26);4,6,8-9,11H,3,5,7H2,1-2H3;1-3,5H2,(H,6,7). The third-order valence-corrected chi connectivity index (χ3v) is 9.55. The van der Waals surface area contributed by atoms with E-state index in [-0.39, 0.29) is 42.7 Å². The van der Waals surface area contributed by atoms with Gasteiger partial charge in [-0.1, -0.05) is 33.5 Å². The molecule has 4 aromatic rings. The zero-order valence-electron chi connectivity index (χ0n) is 32.7. The van der Waals surface area contributed by atoms with Crippen molar-refractivity contribution in [1.82, 2.24) is 25.6 Å². The fourth-order valence-electron chi connectivity index (χ4n) is 6.23. The predicted molar refractivity (Wildman–Crippen MR) is 214 cm³/mol. The molecule has 2 fully saturated rings. The van der Waals surface area contributed by atoms with Crippen molar-refractivity contribution >= 4 is 40.9 Å². The van der Waals surface area contributed by atoms with E-state index in [1.807, 2.05) is 45.9 Å². The number of carbonyl (C=O) groups excluding carboxylic acids is 1. The zero-order chi connectivity index (χ0) is 41.5. The molecule has 57 heavy (non-hydrogen) atoms. The summed E-state index contributed by atoms with van der Waals surface area (Å²) in [6.45, 7) is 8.96. The van der Waals surface area contributed by atoms with Crippen molar-refractivity contribution in [2.75, 3.05) is 13.1 Å². The van der Waals surface area contributed by atoms with Gasteiger partial charge in [0, 0.05) is 54.7 Å². The molecule has 15 nitrogen and oxygen atoms in total. The van der Waals surface area contributed by atoms with Crippen molar-refractivity contribution in [2.45, 2.75) is 122 Å². The number of aliphatic carboxylic acids is 2. The van der Waals surface area contributed by atoms with Crippen LogP contribution in [0.1, 0.15) is 116 Å². The number of ether oxygens (including phenoxy) is 2. The summed E-state index contributed by atoms with van der Waals surface area (Å²) in [6, 6.07) is 11.2. The summed E-state index contributed by atoms with van der Waals surface area (Å²) < 4.78 is 22.1. The maximum atomic E-state index is 11.4. The number of carboxylic acids is 2. The van der Waals surface area contributed by atoms with Crippen LogP contribution in [0.3, 0.4) is 0 Å². The largest absolute Gasteiger partial charge is 0.489 e. The third kappa shape index (κ3) is 14.7. The highest BCUT2D eigenvalue weighted by molar-refractivity contribution is 6.32. The lowest BCUT2D eigenvalue weighted by atomic mass is 10.1. The van der Waals surface area contributed by atoms with Crippen LogP contribution in [-0.4, -0.2) is 79.6 Å². The molecule has 2 saturated carbocycles. The molecule has 3 atom stereocenters. The van der Waals surface area contributed by atoms with Crippen molar-refractivity contribution in [2.24, 2.45) is 5.73 Å². The van der Waals surface area contributed by atoms with Gasteiger partial charge in [-0.15, -0.1) is 0 Å². The van der Waals surface area contributed by atoms with Gasteiger partial charge in [-0.25, -0.2) is 0 Å². The van der Waals surface area contributed by atoms with Gasteiger partial charge in [-0.3, -0.25) is 14.4 Å². The molecule has 2 aliphatic rings. The summed E-state index contributed by atoms with van der Waals surface area (Å²) in [5.41, 5.74) is 6.57. The van der Waals surface area contributed by atoms with Crippen molar-refractivity contribution < 1.29 is 43.1 Å². The van der Waals surface area contributed by atoms with Crippen LogP contribution in [0.2, 0.25) is 10.0 Å². The first kappa shape index (κ1) is 45.1. The van der Waals surface area contributed by atoms with E-state index in [9.17, 15) is 14.4 Å². The number of nitrogens with zero attached hydrogens (tertiary/aromatic N) is 4. The second-order valence-electron chi connectivity index (χ2n) is 14.5. The van der Waals surface area contributed by atoms with E-state index in [1.54, 1.807) is 18.2 Å². The molecule has 2 aliphatic carbocycles. The second-order valence-corrected chi connectivity index (χ2v) is 15.3. The number of hydrogen-bond donors (Lipinski definition) is 4. The van der Waals surface area contributed by atoms with Crippen molar-refractivity contribution in [1.29, 1.82) is 0 Å². The molecule has 0 amide bonds. The van der Waals surface area contributed by atoms with Crippen molar-refractivity contribution in [3.05, 3.63) is 58.2 Å². The molecule has 0 bridgehead atoms. The average molecular weight is 832 g/mol. The molecule has 2 aromatic carbocycles. The lowest BCUT2D eigenvalue weighted by Crippen LogP contribution is -2.27. The van der Waals surface area contributed by atoms with E-state index < -0.39 is 11.9 Å². The lowest BCUT2D eigenvalue weighted by Gasteiger charge is -2.11. The maximum absolute atomic E-state index is 11.4. The number of carbonyl (C=O) groups is 3. The van der Waals surface area contributed by atoms with E-state index in [4.69, 9.17) is 57.7 Å². The first-order chi connectivity index (χ1) is 27.2. The van der Waals surface area contributed by atoms with Gasteiger partial charge in [0.05, 0.1) is 22.3 Å². The molecule has 3 unspecified atom stereocenters. The minimum absolute atomic E-state index is 0.0489. The van der Waals surface area contributed by atoms with Crippen LogP contribution >= 0.6 is 23.2 Å². The van der Waals surface area contributed by atoms with Crippen LogP contribution < -0.4 is 20.5 Å². The zero-order valence-corrected chi connectivity index (χ0v) is 34.2. The van der Waals surface area contributed by atoms with E-state index in [1.165, 1.54) is 0 Å². The van der Waals surface area contributed by atoms with Crippen LogP contribution in [0.15, 0.2) is 45.4 Å². The summed E-state index contributed by atoms with van der Waals surface area (Å²) in [6.07, 6.45) is 6.47. The molecule has 17 heteroatoms. The Hall–Kier alpha value is -4.57. The molecule has 2 aromatic heterocycles. The topological polar surface area (TPSA) is 226 Å². The summed E-state index contributed by atoms with van der Waals surface area (Å²) in [7, 11) is 0. The highest BCUT2D eigenvalue weighted by Gasteiger charge is 2.30. The highest BCUT2D eigenvalue weighted by Crippen LogP contribution is 2.36. The van der Waals surface area contributed by atoms with Crippen LogP contribution in [0, 0.1) is 0 Å². The molecule has 0 spiro atoms. The molecule has 5 N–H and O–H groups in total. The van der Waals surface area contributed by atoms with Crippen LogP contribution in [0.5, 0.6) is 11.5 Å². The fourth-order valence-corrected chi connectivity index (χ4v) is 6.68. The smallest absolute Gasteiger partial charge is 0.303 e. The van der Waals surface area contributed by atoms with Gasteiger partial charge in [0.25, 0.3) is 0 Å². The molecule has 6 rings (SSSR count). The quantitative estimate of drug-likeness (QED) is 0.0783. The van der Waals surface area contributed by atoms with Crippen LogP contribution in [0.4, 0.5) is 0 Å². The predicted octanol–water partition coefficient (Wildman–Crippen LogP) is 8.09. The molecular formula is C40H52Cl2N6O9. The molecule has 310 valence electrons. The number of rotatable bonds is 16. The van der Waals surface area contributed by atoms with Crippen molar-refractivity contribution in [3.8, 4) is 34.3 Å². The fraction of sp³-hybridized carbons (Fsp3) is 0.525. The first-order valence-corrected chi connectivity index (χ1v) is 20.0. The summed E-state index contributed by atoms with van der Waals surface area (Å²) in [5, 5.41) is 29.2. The van der Waals surface area contributed by atoms with Gasteiger partial charge in [0.1, 0.15) is 17.3 Å². The minimum atomic E-state index is -0.773. The Bertz CT molecular complexity index is 1920. The van der Waals surface area contributed by atoms with Gasteiger partial charge in [-0.2, -0.15) is 9.97 Å². The van der Waals surface area contributed by atoms with E-state index >= 15 is 0 Å². The number of aromatic nitrogens is 4. The van der Waals surface area contributed by atoms with E-state index in [2.05, 4.69) is 25.6 Å². The molecule has 0 saturated heterocycles. The number of halogens is 2. The Morgan fingerprint density at radius 1 is 0.825 bits per heavy atom. The highest BCUT2D eigenvalue weighted by atomic mass is 35.5. The van der Waals surface area contributed by atoms with E-state index in [0.29, 0.717) is 89.8 Å². The van der Waals surface area contributed by atoms with Crippen LogP contribution in [-0.2, 0) is 14.4 Å². The molecule has 0 aliphatic heterocycles. The minimum Gasteiger partial charge on any atom is -0.489 e. The third-order valence-electron chi connectivity index (χ3n) is 8.96. The molecule has 0 radical (unpaired) electrons. The summed E-state index contributed by atoms with van der Waals surface area (Å²) in [5.74, 6) is 2.43. The molecule has 2 heterocycles. The van der Waals surface area contributed by atoms with Crippen molar-refractivity contribution in [3.63, 3.8) is 0 Å². The molecular weight excluding hydrogens is 779 g/mol. The summed E-state index contributed by atoms with van der Waals surface area (Å²) in [4.78, 5) is 40.6. The number of hydrogen-bond acceptors (Lipinski definition) is 13. The Morgan fingerprint density at radius 2 is 1.35 bits per heavy atom. The lowest BCUT2D eigenvalue weighted by molar-refractivity contribution is -0.138. The maximum Gasteiger partial charge on any atom is 0.303 e. The van der Waals surface area contributed by atoms with Gasteiger partial charge >= 0.3 is 11.9 Å². The Balaban J connectivity index is 0.000000221. The first-order valence-electron chi connectivity index (χ1n) is 19.2. The van der Waals surface area contributed by atoms with Crippen LogP contribution in [0.25, 0.3) is 22.8 Å². The van der Waals surface area contributed by atoms with Gasteiger partial charge in [-0.05, 0) is 116 Å². The average Bonchev–Trinajstić information content (AvgIpc) is 3.99. The Kier molecular flexibility index (Phi) is 17.7. The number of Topliss-reactive ketones (excluding diaryl/α,β-unsaturated/α-hetero) is 1. The number of nitrogens with one attached hydrogen (secondary N) is 1.